The summed E-state index contributed by atoms with van der Waals surface area (Å²) in [5.41, 5.74) is 1.08. The number of hydrogen-bond donors (Lipinski definition) is 0. The zero-order chi connectivity index (χ0) is 11.7. The molecule has 2 rings (SSSR count). The van der Waals surface area contributed by atoms with Gasteiger partial charge in [0.1, 0.15) is 5.82 Å². The third kappa shape index (κ3) is 2.76. The lowest BCUT2D eigenvalue weighted by Crippen LogP contribution is -2.30. The highest BCUT2D eigenvalue weighted by atomic mass is 79.9. The second-order valence-corrected chi connectivity index (χ2v) is 5.87. The van der Waals surface area contributed by atoms with E-state index in [9.17, 15) is 0 Å². The van der Waals surface area contributed by atoms with Gasteiger partial charge in [-0.15, -0.1) is 0 Å². The molecule has 0 unspecified atom stereocenters. The summed E-state index contributed by atoms with van der Waals surface area (Å²) in [5.74, 6) is 1.82. The van der Waals surface area contributed by atoms with Gasteiger partial charge in [0, 0.05) is 17.1 Å². The van der Waals surface area contributed by atoms with Gasteiger partial charge < -0.3 is 4.90 Å². The lowest BCUT2D eigenvalue weighted by atomic mass is 10.2. The molecule has 0 bridgehead atoms. The van der Waals surface area contributed by atoms with Crippen LogP contribution >= 0.6 is 15.9 Å². The van der Waals surface area contributed by atoms with E-state index in [1.54, 1.807) is 0 Å². The molecule has 0 atom stereocenters. The molecule has 0 spiro atoms. The number of rotatable bonds is 4. The van der Waals surface area contributed by atoms with Gasteiger partial charge in [-0.3, -0.25) is 0 Å². The topological polar surface area (TPSA) is 16.1 Å². The van der Waals surface area contributed by atoms with E-state index in [2.05, 4.69) is 51.8 Å². The summed E-state index contributed by atoms with van der Waals surface area (Å²) >= 11 is 3.50. The normalized spacial score (nSPS) is 15.6. The van der Waals surface area contributed by atoms with E-state index in [1.807, 2.05) is 6.92 Å². The van der Waals surface area contributed by atoms with E-state index in [-0.39, 0.29) is 0 Å². The van der Waals surface area contributed by atoms with E-state index in [4.69, 9.17) is 0 Å². The number of halogens is 1. The van der Waals surface area contributed by atoms with Gasteiger partial charge >= 0.3 is 0 Å². The Labute approximate surface area is 106 Å². The van der Waals surface area contributed by atoms with Crippen LogP contribution in [0.3, 0.4) is 0 Å². The summed E-state index contributed by atoms with van der Waals surface area (Å²) in [6.07, 6.45) is 2.65. The molecule has 1 saturated carbocycles. The van der Waals surface area contributed by atoms with Crippen LogP contribution in [-0.4, -0.2) is 17.6 Å². The zero-order valence-corrected chi connectivity index (χ0v) is 11.8. The van der Waals surface area contributed by atoms with Crippen molar-refractivity contribution >= 4 is 21.7 Å². The van der Waals surface area contributed by atoms with Crippen LogP contribution in [0.15, 0.2) is 16.6 Å². The van der Waals surface area contributed by atoms with Crippen molar-refractivity contribution < 1.29 is 0 Å². The first kappa shape index (κ1) is 11.9. The fourth-order valence-electron chi connectivity index (χ4n) is 1.90. The Morgan fingerprint density at radius 2 is 2.12 bits per heavy atom. The van der Waals surface area contributed by atoms with E-state index in [0.29, 0.717) is 5.92 Å². The number of hydrogen-bond acceptors (Lipinski definition) is 2. The van der Waals surface area contributed by atoms with Crippen molar-refractivity contribution in [3.8, 4) is 0 Å². The summed E-state index contributed by atoms with van der Waals surface area (Å²) in [6, 6.07) is 4.96. The smallest absolute Gasteiger partial charge is 0.129 e. The highest BCUT2D eigenvalue weighted by molar-refractivity contribution is 9.10. The van der Waals surface area contributed by atoms with Crippen LogP contribution < -0.4 is 4.90 Å². The summed E-state index contributed by atoms with van der Waals surface area (Å²) < 4.78 is 1.09. The maximum absolute atomic E-state index is 4.67. The molecule has 0 aromatic carbocycles. The average molecular weight is 283 g/mol. The van der Waals surface area contributed by atoms with Crippen LogP contribution in [0.4, 0.5) is 5.82 Å². The first-order valence-corrected chi connectivity index (χ1v) is 6.77. The molecule has 1 aliphatic carbocycles. The largest absolute Gasteiger partial charge is 0.353 e. The van der Waals surface area contributed by atoms with Gasteiger partial charge in [0.15, 0.2) is 0 Å². The number of anilines is 1. The molecule has 3 heteroatoms. The maximum atomic E-state index is 4.67. The number of nitrogens with zero attached hydrogens (tertiary/aromatic N) is 2. The van der Waals surface area contributed by atoms with Gasteiger partial charge in [-0.1, -0.05) is 13.8 Å². The Bertz CT molecular complexity index is 372. The number of pyridine rings is 1. The summed E-state index contributed by atoms with van der Waals surface area (Å²) in [6.45, 7) is 7.69. The van der Waals surface area contributed by atoms with Crippen molar-refractivity contribution in [3.05, 3.63) is 22.3 Å². The monoisotopic (exact) mass is 282 g/mol. The van der Waals surface area contributed by atoms with E-state index < -0.39 is 0 Å². The van der Waals surface area contributed by atoms with Crippen LogP contribution in [0.25, 0.3) is 0 Å². The Morgan fingerprint density at radius 1 is 1.44 bits per heavy atom. The summed E-state index contributed by atoms with van der Waals surface area (Å²) in [4.78, 5) is 7.13. The lowest BCUT2D eigenvalue weighted by Gasteiger charge is -2.25. The molecule has 0 N–H and O–H groups in total. The second kappa shape index (κ2) is 4.74. The molecule has 0 aliphatic heterocycles. The van der Waals surface area contributed by atoms with Crippen LogP contribution in [-0.2, 0) is 0 Å². The number of aromatic nitrogens is 1. The highest BCUT2D eigenvalue weighted by Gasteiger charge is 2.30. The van der Waals surface area contributed by atoms with Crippen molar-refractivity contribution in [3.63, 3.8) is 0 Å². The molecular formula is C13H19BrN2. The fourth-order valence-corrected chi connectivity index (χ4v) is 2.12. The second-order valence-electron chi connectivity index (χ2n) is 5.01. The van der Waals surface area contributed by atoms with Crippen LogP contribution in [0.2, 0.25) is 0 Å². The molecule has 1 heterocycles. The molecular weight excluding hydrogens is 264 g/mol. The average Bonchev–Trinajstić information content (AvgIpc) is 3.02. The standard InChI is InChI=1S/C13H19BrN2/c1-9(2)8-16(11-4-5-11)13-7-6-12(14)10(3)15-13/h6-7,9,11H,4-5,8H2,1-3H3. The maximum Gasteiger partial charge on any atom is 0.129 e. The first-order chi connectivity index (χ1) is 7.58. The van der Waals surface area contributed by atoms with Crippen molar-refractivity contribution in [1.82, 2.24) is 4.98 Å². The summed E-state index contributed by atoms with van der Waals surface area (Å²) in [5, 5.41) is 0. The molecule has 1 aromatic rings. The predicted molar refractivity (Wildman–Crippen MR) is 71.9 cm³/mol. The highest BCUT2D eigenvalue weighted by Crippen LogP contribution is 2.32. The lowest BCUT2D eigenvalue weighted by molar-refractivity contribution is 0.602. The van der Waals surface area contributed by atoms with Gasteiger partial charge in [0.25, 0.3) is 0 Å². The van der Waals surface area contributed by atoms with E-state index in [1.165, 1.54) is 12.8 Å². The molecule has 16 heavy (non-hydrogen) atoms. The summed E-state index contributed by atoms with van der Waals surface area (Å²) in [7, 11) is 0. The third-order valence-corrected chi connectivity index (χ3v) is 3.69. The van der Waals surface area contributed by atoms with Gasteiger partial charge in [0.05, 0.1) is 5.69 Å². The van der Waals surface area contributed by atoms with Crippen LogP contribution in [0.1, 0.15) is 32.4 Å². The third-order valence-electron chi connectivity index (χ3n) is 2.85. The molecule has 0 saturated heterocycles. The van der Waals surface area contributed by atoms with Crippen molar-refractivity contribution in [1.29, 1.82) is 0 Å². The Hall–Kier alpha value is -0.570. The van der Waals surface area contributed by atoms with Crippen LogP contribution in [0.5, 0.6) is 0 Å². The van der Waals surface area contributed by atoms with Gasteiger partial charge in [0.2, 0.25) is 0 Å². The SMILES string of the molecule is Cc1nc(N(CC(C)C)C2CC2)ccc1Br. The van der Waals surface area contributed by atoms with Gasteiger partial charge in [-0.05, 0) is 53.7 Å². The van der Waals surface area contributed by atoms with E-state index in [0.717, 1.165) is 28.6 Å². The van der Waals surface area contributed by atoms with Gasteiger partial charge in [-0.2, -0.15) is 0 Å². The van der Waals surface area contributed by atoms with Crippen molar-refractivity contribution in [2.45, 2.75) is 39.7 Å². The quantitative estimate of drug-likeness (QED) is 0.836. The van der Waals surface area contributed by atoms with Crippen molar-refractivity contribution in [2.24, 2.45) is 5.92 Å². The van der Waals surface area contributed by atoms with E-state index >= 15 is 0 Å². The van der Waals surface area contributed by atoms with Gasteiger partial charge in [-0.25, -0.2) is 4.98 Å². The molecule has 88 valence electrons. The minimum absolute atomic E-state index is 0.686. The zero-order valence-electron chi connectivity index (χ0n) is 10.2. The molecule has 0 amide bonds. The Balaban J connectivity index is 2.20. The number of aryl methyl sites for hydroxylation is 1. The van der Waals surface area contributed by atoms with Crippen molar-refractivity contribution in [2.75, 3.05) is 11.4 Å². The minimum atomic E-state index is 0.686. The van der Waals surface area contributed by atoms with Crippen LogP contribution in [0, 0.1) is 12.8 Å². The fraction of sp³-hybridized carbons (Fsp3) is 0.615. The molecule has 1 aromatic heterocycles. The Morgan fingerprint density at radius 3 is 2.62 bits per heavy atom. The minimum Gasteiger partial charge on any atom is -0.353 e. The predicted octanol–water partition coefficient (Wildman–Crippen LogP) is 3.78. The first-order valence-electron chi connectivity index (χ1n) is 5.97. The molecule has 0 radical (unpaired) electrons. The Kier molecular flexibility index (Phi) is 3.53. The molecule has 1 aliphatic rings. The molecule has 2 nitrogen and oxygen atoms in total. The molecule has 1 fully saturated rings.